The lowest BCUT2D eigenvalue weighted by atomic mass is 9.87. The number of carbonyl (C=O) groups is 1. The normalized spacial score (nSPS) is 28.9. The van der Waals surface area contributed by atoms with Crippen LogP contribution in [0.4, 0.5) is 0 Å². The number of aliphatic hydroxyl groups is 2. The largest absolute Gasteiger partial charge is 0.465 e. The van der Waals surface area contributed by atoms with E-state index in [4.69, 9.17) is 9.84 Å². The zero-order valence-corrected chi connectivity index (χ0v) is 10.1. The summed E-state index contributed by atoms with van der Waals surface area (Å²) in [6.07, 6.45) is 1.90. The minimum Gasteiger partial charge on any atom is -0.465 e. The summed E-state index contributed by atoms with van der Waals surface area (Å²) in [5.74, 6) is -0.580. The van der Waals surface area contributed by atoms with Gasteiger partial charge in [-0.25, -0.2) is 0 Å². The Labute approximate surface area is 96.6 Å². The van der Waals surface area contributed by atoms with Crippen LogP contribution in [0.25, 0.3) is 0 Å². The fourth-order valence-electron chi connectivity index (χ4n) is 2.06. The van der Waals surface area contributed by atoms with Gasteiger partial charge in [-0.2, -0.15) is 0 Å². The molecule has 4 atom stereocenters. The van der Waals surface area contributed by atoms with Crippen molar-refractivity contribution >= 4 is 5.97 Å². The van der Waals surface area contributed by atoms with Crippen LogP contribution in [0.1, 0.15) is 33.1 Å². The summed E-state index contributed by atoms with van der Waals surface area (Å²) in [6, 6.07) is 0. The molecule has 0 aromatic heterocycles. The van der Waals surface area contributed by atoms with Crippen LogP contribution >= 0.6 is 0 Å². The second-order valence-electron chi connectivity index (χ2n) is 4.76. The van der Waals surface area contributed by atoms with E-state index in [1.165, 1.54) is 0 Å². The lowest BCUT2D eigenvalue weighted by Crippen LogP contribution is -2.31. The first-order valence-electron chi connectivity index (χ1n) is 6.05. The average molecular weight is 230 g/mol. The van der Waals surface area contributed by atoms with Crippen molar-refractivity contribution < 1.29 is 19.7 Å². The van der Waals surface area contributed by atoms with Gasteiger partial charge in [0.05, 0.1) is 25.2 Å². The Morgan fingerprint density at radius 2 is 2.19 bits per heavy atom. The molecule has 0 aromatic rings. The van der Waals surface area contributed by atoms with Crippen LogP contribution in [0.5, 0.6) is 0 Å². The fourth-order valence-corrected chi connectivity index (χ4v) is 2.06. The van der Waals surface area contributed by atoms with Crippen molar-refractivity contribution in [2.24, 2.45) is 17.8 Å². The highest BCUT2D eigenvalue weighted by Crippen LogP contribution is 2.28. The maximum absolute atomic E-state index is 11.4. The van der Waals surface area contributed by atoms with Crippen LogP contribution in [-0.2, 0) is 9.53 Å². The van der Waals surface area contributed by atoms with E-state index in [0.29, 0.717) is 12.3 Å². The molecular weight excluding hydrogens is 208 g/mol. The molecule has 94 valence electrons. The lowest BCUT2D eigenvalue weighted by molar-refractivity contribution is -0.144. The first-order valence-corrected chi connectivity index (χ1v) is 6.05. The molecule has 0 spiro atoms. The molecular formula is C12H22O4. The van der Waals surface area contributed by atoms with E-state index in [-0.39, 0.29) is 25.1 Å². The number of carbonyl (C=O) groups excluding carboxylic acids is 1. The first-order chi connectivity index (χ1) is 7.60. The van der Waals surface area contributed by atoms with Gasteiger partial charge in [0, 0.05) is 5.92 Å². The molecule has 1 fully saturated rings. The molecule has 0 amide bonds. The molecule has 4 heteroatoms. The van der Waals surface area contributed by atoms with Gasteiger partial charge in [0.1, 0.15) is 0 Å². The number of esters is 1. The topological polar surface area (TPSA) is 66.8 Å². The van der Waals surface area contributed by atoms with Crippen molar-refractivity contribution in [2.45, 2.75) is 39.2 Å². The molecule has 16 heavy (non-hydrogen) atoms. The van der Waals surface area contributed by atoms with E-state index in [1.807, 2.05) is 0 Å². The van der Waals surface area contributed by atoms with Crippen LogP contribution in [0, 0.1) is 17.8 Å². The smallest absolute Gasteiger partial charge is 0.312 e. The highest BCUT2D eigenvalue weighted by molar-refractivity contribution is 5.75. The number of hydrogen-bond donors (Lipinski definition) is 2. The van der Waals surface area contributed by atoms with Crippen molar-refractivity contribution in [3.8, 4) is 0 Å². The van der Waals surface area contributed by atoms with Crippen LogP contribution in [-0.4, -0.2) is 35.5 Å². The molecule has 0 bridgehead atoms. The van der Waals surface area contributed by atoms with Crippen LogP contribution in [0.3, 0.4) is 0 Å². The van der Waals surface area contributed by atoms with Gasteiger partial charge < -0.3 is 14.9 Å². The quantitative estimate of drug-likeness (QED) is 0.667. The zero-order valence-electron chi connectivity index (χ0n) is 10.1. The molecule has 1 heterocycles. The van der Waals surface area contributed by atoms with E-state index < -0.39 is 12.0 Å². The molecule has 0 radical (unpaired) electrons. The Morgan fingerprint density at radius 1 is 1.50 bits per heavy atom. The minimum atomic E-state index is -0.679. The molecule has 0 saturated carbocycles. The predicted molar refractivity (Wildman–Crippen MR) is 59.7 cm³/mol. The molecule has 0 unspecified atom stereocenters. The van der Waals surface area contributed by atoms with E-state index in [1.54, 1.807) is 0 Å². The first kappa shape index (κ1) is 13.5. The minimum absolute atomic E-state index is 0.100. The molecule has 2 N–H and O–H groups in total. The maximum atomic E-state index is 11.4. The molecule has 1 aliphatic rings. The third-order valence-electron chi connectivity index (χ3n) is 3.52. The Balaban J connectivity index is 2.45. The number of aliphatic hydroxyl groups excluding tert-OH is 2. The molecule has 1 aliphatic heterocycles. The molecule has 0 aromatic carbocycles. The standard InChI is InChI=1S/C12H22O4/c1-3-8(2)4-5-10(14)11-9(6-13)7-16-12(11)15/h8-11,13-14H,3-7H2,1-2H3/t8-,9+,10-,11+/m0/s1. The van der Waals surface area contributed by atoms with Gasteiger partial charge in [-0.15, -0.1) is 0 Å². The predicted octanol–water partition coefficient (Wildman–Crippen LogP) is 0.955. The van der Waals surface area contributed by atoms with Crippen LogP contribution in [0.15, 0.2) is 0 Å². The Bertz CT molecular complexity index is 229. The molecule has 0 aliphatic carbocycles. The number of rotatable bonds is 6. The Hall–Kier alpha value is -0.610. The summed E-state index contributed by atoms with van der Waals surface area (Å²) in [6.45, 7) is 4.37. The van der Waals surface area contributed by atoms with E-state index >= 15 is 0 Å². The lowest BCUT2D eigenvalue weighted by Gasteiger charge is -2.20. The van der Waals surface area contributed by atoms with Gasteiger partial charge in [0.15, 0.2) is 0 Å². The number of hydrogen-bond acceptors (Lipinski definition) is 4. The highest BCUT2D eigenvalue weighted by atomic mass is 16.5. The van der Waals surface area contributed by atoms with Crippen LogP contribution in [0.2, 0.25) is 0 Å². The van der Waals surface area contributed by atoms with Crippen molar-refractivity contribution in [1.29, 1.82) is 0 Å². The molecule has 1 saturated heterocycles. The van der Waals surface area contributed by atoms with Crippen molar-refractivity contribution in [3.05, 3.63) is 0 Å². The molecule has 4 nitrogen and oxygen atoms in total. The van der Waals surface area contributed by atoms with Gasteiger partial charge in [0.2, 0.25) is 0 Å². The summed E-state index contributed by atoms with van der Waals surface area (Å²) in [5, 5.41) is 19.0. The summed E-state index contributed by atoms with van der Waals surface area (Å²) < 4.78 is 4.86. The van der Waals surface area contributed by atoms with Gasteiger partial charge in [-0.05, 0) is 18.8 Å². The summed E-state index contributed by atoms with van der Waals surface area (Å²) >= 11 is 0. The third-order valence-corrected chi connectivity index (χ3v) is 3.52. The van der Waals surface area contributed by atoms with Crippen molar-refractivity contribution in [3.63, 3.8) is 0 Å². The van der Waals surface area contributed by atoms with E-state index in [2.05, 4.69) is 13.8 Å². The van der Waals surface area contributed by atoms with Gasteiger partial charge in [-0.3, -0.25) is 4.79 Å². The van der Waals surface area contributed by atoms with Crippen LogP contribution < -0.4 is 0 Å². The zero-order chi connectivity index (χ0) is 12.1. The van der Waals surface area contributed by atoms with Crippen molar-refractivity contribution in [2.75, 3.05) is 13.2 Å². The Morgan fingerprint density at radius 3 is 2.75 bits per heavy atom. The van der Waals surface area contributed by atoms with E-state index in [9.17, 15) is 9.90 Å². The van der Waals surface area contributed by atoms with Crippen molar-refractivity contribution in [1.82, 2.24) is 0 Å². The summed E-state index contributed by atoms with van der Waals surface area (Å²) in [5.41, 5.74) is 0. The second-order valence-corrected chi connectivity index (χ2v) is 4.76. The number of cyclic esters (lactones) is 1. The van der Waals surface area contributed by atoms with Gasteiger partial charge >= 0.3 is 5.97 Å². The summed E-state index contributed by atoms with van der Waals surface area (Å²) in [7, 11) is 0. The SMILES string of the molecule is CC[C@H](C)CC[C@H](O)[C@@H]1C(=O)OC[C@H]1CO. The highest BCUT2D eigenvalue weighted by Gasteiger charge is 2.41. The average Bonchev–Trinajstić information content (AvgIpc) is 2.66. The monoisotopic (exact) mass is 230 g/mol. The van der Waals surface area contributed by atoms with Gasteiger partial charge in [0.25, 0.3) is 0 Å². The third kappa shape index (κ3) is 3.19. The van der Waals surface area contributed by atoms with Gasteiger partial charge in [-0.1, -0.05) is 20.3 Å². The fraction of sp³-hybridized carbons (Fsp3) is 0.917. The number of ether oxygens (including phenoxy) is 1. The second kappa shape index (κ2) is 6.21. The molecule has 1 rings (SSSR count). The van der Waals surface area contributed by atoms with E-state index in [0.717, 1.165) is 12.8 Å². The Kier molecular flexibility index (Phi) is 5.22. The maximum Gasteiger partial charge on any atom is 0.312 e. The summed E-state index contributed by atoms with van der Waals surface area (Å²) in [4.78, 5) is 11.4.